The van der Waals surface area contributed by atoms with Gasteiger partial charge < -0.3 is 9.84 Å². The van der Waals surface area contributed by atoms with Crippen LogP contribution in [0.25, 0.3) is 0 Å². The minimum absolute atomic E-state index is 0.0170. The number of carboxylic acid groups (broad SMARTS) is 1. The molecule has 108 valence electrons. The molecule has 0 saturated carbocycles. The van der Waals surface area contributed by atoms with Crippen molar-refractivity contribution in [1.29, 1.82) is 0 Å². The van der Waals surface area contributed by atoms with Gasteiger partial charge in [0.05, 0.1) is 5.60 Å². The maximum absolute atomic E-state index is 10.7. The standard InChI is InChI=1S/C13H26O5/c1-6-8-9-10(7-2)11(16-12(14)15)17-18-13(3,4)5/h10-11H,6-9H2,1-5H3,(H,14,15). The number of ether oxygens (including phenoxy) is 1. The first-order valence-corrected chi connectivity index (χ1v) is 6.54. The summed E-state index contributed by atoms with van der Waals surface area (Å²) in [6, 6.07) is 0. The zero-order valence-corrected chi connectivity index (χ0v) is 12.1. The largest absolute Gasteiger partial charge is 0.508 e. The van der Waals surface area contributed by atoms with Gasteiger partial charge >= 0.3 is 6.16 Å². The molecule has 5 heteroatoms. The van der Waals surface area contributed by atoms with Crippen LogP contribution in [0.5, 0.6) is 0 Å². The normalized spacial score (nSPS) is 15.2. The van der Waals surface area contributed by atoms with Gasteiger partial charge in [0.1, 0.15) is 0 Å². The molecule has 0 aromatic rings. The van der Waals surface area contributed by atoms with Crippen LogP contribution in [0.2, 0.25) is 0 Å². The fraction of sp³-hybridized carbons (Fsp3) is 0.923. The van der Waals surface area contributed by atoms with Crippen LogP contribution in [0.1, 0.15) is 60.3 Å². The van der Waals surface area contributed by atoms with Crippen molar-refractivity contribution in [2.24, 2.45) is 5.92 Å². The highest BCUT2D eigenvalue weighted by atomic mass is 17.2. The maximum Gasteiger partial charge on any atom is 0.508 e. The van der Waals surface area contributed by atoms with Crippen molar-refractivity contribution < 1.29 is 24.4 Å². The van der Waals surface area contributed by atoms with Crippen molar-refractivity contribution >= 4 is 6.16 Å². The van der Waals surface area contributed by atoms with Gasteiger partial charge in [-0.2, -0.15) is 4.89 Å². The second-order valence-electron chi connectivity index (χ2n) is 5.35. The number of hydrogen-bond donors (Lipinski definition) is 1. The molecule has 0 aromatic heterocycles. The molecule has 1 N–H and O–H groups in total. The van der Waals surface area contributed by atoms with Crippen LogP contribution in [0.3, 0.4) is 0 Å². The summed E-state index contributed by atoms with van der Waals surface area (Å²) in [5, 5.41) is 8.73. The van der Waals surface area contributed by atoms with Gasteiger partial charge in [-0.25, -0.2) is 9.68 Å². The SMILES string of the molecule is CCCCC(CC)C(OOC(C)(C)C)OC(=O)O. The molecular formula is C13H26O5. The van der Waals surface area contributed by atoms with Gasteiger partial charge in [-0.05, 0) is 33.6 Å². The van der Waals surface area contributed by atoms with E-state index >= 15 is 0 Å². The summed E-state index contributed by atoms with van der Waals surface area (Å²) < 4.78 is 4.77. The second kappa shape index (κ2) is 8.32. The molecule has 0 radical (unpaired) electrons. The van der Waals surface area contributed by atoms with E-state index in [0.717, 1.165) is 25.7 Å². The number of rotatable bonds is 8. The number of hydrogen-bond acceptors (Lipinski definition) is 4. The molecule has 0 aliphatic heterocycles. The first kappa shape index (κ1) is 17.2. The Morgan fingerprint density at radius 2 is 1.89 bits per heavy atom. The van der Waals surface area contributed by atoms with E-state index in [-0.39, 0.29) is 5.92 Å². The summed E-state index contributed by atoms with van der Waals surface area (Å²) in [7, 11) is 0. The van der Waals surface area contributed by atoms with E-state index < -0.39 is 18.0 Å². The van der Waals surface area contributed by atoms with Crippen LogP contribution in [-0.4, -0.2) is 23.2 Å². The summed E-state index contributed by atoms with van der Waals surface area (Å²) >= 11 is 0. The second-order valence-corrected chi connectivity index (χ2v) is 5.35. The van der Waals surface area contributed by atoms with E-state index in [2.05, 4.69) is 6.92 Å². The molecule has 0 fully saturated rings. The van der Waals surface area contributed by atoms with Gasteiger partial charge in [-0.3, -0.25) is 0 Å². The lowest BCUT2D eigenvalue weighted by atomic mass is 9.99. The zero-order valence-electron chi connectivity index (χ0n) is 12.1. The molecule has 0 amide bonds. The van der Waals surface area contributed by atoms with Crippen molar-refractivity contribution in [2.45, 2.75) is 72.2 Å². The summed E-state index contributed by atoms with van der Waals surface area (Å²) in [6.45, 7) is 9.57. The predicted octanol–water partition coefficient (Wildman–Crippen LogP) is 3.97. The van der Waals surface area contributed by atoms with Gasteiger partial charge in [0.25, 0.3) is 0 Å². The molecular weight excluding hydrogens is 236 g/mol. The first-order chi connectivity index (χ1) is 8.30. The molecule has 18 heavy (non-hydrogen) atoms. The fourth-order valence-electron chi connectivity index (χ4n) is 1.48. The Morgan fingerprint density at radius 1 is 1.28 bits per heavy atom. The van der Waals surface area contributed by atoms with Crippen molar-refractivity contribution in [3.8, 4) is 0 Å². The Morgan fingerprint density at radius 3 is 2.28 bits per heavy atom. The molecule has 0 aliphatic rings. The van der Waals surface area contributed by atoms with Gasteiger partial charge in [0, 0.05) is 5.92 Å². The van der Waals surface area contributed by atoms with Gasteiger partial charge in [-0.1, -0.05) is 26.7 Å². The predicted molar refractivity (Wildman–Crippen MR) is 68.1 cm³/mol. The quantitative estimate of drug-likeness (QED) is 0.310. The lowest BCUT2D eigenvalue weighted by Crippen LogP contribution is -2.32. The van der Waals surface area contributed by atoms with Gasteiger partial charge in [-0.15, -0.1) is 0 Å². The smallest absolute Gasteiger partial charge is 0.450 e. The average Bonchev–Trinajstić information content (AvgIpc) is 2.24. The van der Waals surface area contributed by atoms with Crippen LogP contribution in [-0.2, 0) is 14.5 Å². The van der Waals surface area contributed by atoms with E-state index in [9.17, 15) is 4.79 Å². The minimum atomic E-state index is -1.34. The third-order valence-corrected chi connectivity index (χ3v) is 2.45. The van der Waals surface area contributed by atoms with Crippen LogP contribution < -0.4 is 0 Å². The molecule has 0 aromatic carbocycles. The molecule has 5 nitrogen and oxygen atoms in total. The number of carbonyl (C=O) groups is 1. The fourth-order valence-corrected chi connectivity index (χ4v) is 1.48. The van der Waals surface area contributed by atoms with Gasteiger partial charge in [0.2, 0.25) is 6.29 Å². The van der Waals surface area contributed by atoms with E-state index in [1.54, 1.807) is 0 Å². The molecule has 0 bridgehead atoms. The zero-order chi connectivity index (χ0) is 14.2. The highest BCUT2D eigenvalue weighted by molar-refractivity contribution is 5.56. The summed E-state index contributed by atoms with van der Waals surface area (Å²) in [5.74, 6) is 0.0170. The Balaban J connectivity index is 4.47. The van der Waals surface area contributed by atoms with E-state index in [1.165, 1.54) is 0 Å². The van der Waals surface area contributed by atoms with Crippen molar-refractivity contribution in [2.75, 3.05) is 0 Å². The maximum atomic E-state index is 10.7. The summed E-state index contributed by atoms with van der Waals surface area (Å²) in [4.78, 5) is 21.0. The van der Waals surface area contributed by atoms with Crippen LogP contribution in [0.4, 0.5) is 4.79 Å². The van der Waals surface area contributed by atoms with Crippen molar-refractivity contribution in [1.82, 2.24) is 0 Å². The first-order valence-electron chi connectivity index (χ1n) is 6.54. The molecule has 2 unspecified atom stereocenters. The molecule has 0 rings (SSSR count). The highest BCUT2D eigenvalue weighted by Crippen LogP contribution is 2.22. The minimum Gasteiger partial charge on any atom is -0.450 e. The van der Waals surface area contributed by atoms with Crippen molar-refractivity contribution in [3.63, 3.8) is 0 Å². The third-order valence-electron chi connectivity index (χ3n) is 2.45. The molecule has 0 heterocycles. The Bertz CT molecular complexity index is 234. The van der Waals surface area contributed by atoms with E-state index in [4.69, 9.17) is 19.6 Å². The van der Waals surface area contributed by atoms with Crippen molar-refractivity contribution in [3.05, 3.63) is 0 Å². The Kier molecular flexibility index (Phi) is 7.95. The summed E-state index contributed by atoms with van der Waals surface area (Å²) in [6.07, 6.45) is 1.50. The number of unbranched alkanes of at least 4 members (excludes halogenated alkanes) is 1. The monoisotopic (exact) mass is 262 g/mol. The lowest BCUT2D eigenvalue weighted by Gasteiger charge is -2.27. The molecule has 0 spiro atoms. The third kappa shape index (κ3) is 8.31. The highest BCUT2D eigenvalue weighted by Gasteiger charge is 2.27. The van der Waals surface area contributed by atoms with Crippen LogP contribution in [0.15, 0.2) is 0 Å². The molecule has 2 atom stereocenters. The summed E-state index contributed by atoms with van der Waals surface area (Å²) in [5.41, 5.74) is -0.497. The molecule has 0 saturated heterocycles. The topological polar surface area (TPSA) is 65.0 Å². The van der Waals surface area contributed by atoms with Crippen LogP contribution in [0, 0.1) is 5.92 Å². The van der Waals surface area contributed by atoms with E-state index in [0.29, 0.717) is 0 Å². The average molecular weight is 262 g/mol. The Labute approximate surface area is 109 Å². The van der Waals surface area contributed by atoms with E-state index in [1.807, 2.05) is 27.7 Å². The molecule has 0 aliphatic carbocycles. The van der Waals surface area contributed by atoms with Gasteiger partial charge in [0.15, 0.2) is 0 Å². The lowest BCUT2D eigenvalue weighted by molar-refractivity contribution is -0.418. The Hall–Kier alpha value is -0.810. The van der Waals surface area contributed by atoms with Crippen LogP contribution >= 0.6 is 0 Å².